The van der Waals surface area contributed by atoms with Gasteiger partial charge in [-0.05, 0) is 30.3 Å². The van der Waals surface area contributed by atoms with Gasteiger partial charge in [-0.15, -0.1) is 0 Å². The summed E-state index contributed by atoms with van der Waals surface area (Å²) in [5.41, 5.74) is 0.282. The van der Waals surface area contributed by atoms with Crippen molar-refractivity contribution in [2.45, 2.75) is 13.3 Å². The highest BCUT2D eigenvalue weighted by Crippen LogP contribution is 2.26. The van der Waals surface area contributed by atoms with Gasteiger partial charge in [-0.1, -0.05) is 23.2 Å². The molecule has 2 rings (SSSR count). The molecule has 0 spiro atoms. The van der Waals surface area contributed by atoms with Gasteiger partial charge in [0.2, 0.25) is 11.8 Å². The summed E-state index contributed by atoms with van der Waals surface area (Å²) >= 11 is 11.8. The number of hydrogen-bond acceptors (Lipinski definition) is 2. The van der Waals surface area contributed by atoms with Gasteiger partial charge < -0.3 is 10.2 Å². The Hall–Kier alpha value is -2.18. The zero-order chi connectivity index (χ0) is 18.6. The molecule has 0 aliphatic carbocycles. The molecule has 0 unspecified atom stereocenters. The number of amides is 2. The topological polar surface area (TPSA) is 49.4 Å². The van der Waals surface area contributed by atoms with E-state index in [1.807, 2.05) is 0 Å². The fourth-order valence-electron chi connectivity index (χ4n) is 2.16. The monoisotopic (exact) mass is 386 g/mol. The molecular formula is C17H14Cl2F2N2O2. The molecular weight excluding hydrogens is 373 g/mol. The lowest BCUT2D eigenvalue weighted by atomic mass is 10.2. The number of halogens is 4. The number of anilines is 2. The van der Waals surface area contributed by atoms with E-state index in [1.54, 1.807) is 12.1 Å². The molecule has 8 heteroatoms. The van der Waals surface area contributed by atoms with Crippen molar-refractivity contribution in [1.82, 2.24) is 0 Å². The molecule has 0 aromatic heterocycles. The number of benzene rings is 2. The molecule has 0 aliphatic heterocycles. The van der Waals surface area contributed by atoms with Crippen LogP contribution in [0.4, 0.5) is 20.2 Å². The lowest BCUT2D eigenvalue weighted by molar-refractivity contribution is -0.117. The minimum atomic E-state index is -0.878. The van der Waals surface area contributed by atoms with Crippen LogP contribution in [0.15, 0.2) is 36.4 Å². The summed E-state index contributed by atoms with van der Waals surface area (Å²) in [7, 11) is 0. The maximum absolute atomic E-state index is 13.9. The number of nitrogens with one attached hydrogen (secondary N) is 1. The fraction of sp³-hybridized carbons (Fsp3) is 0.176. The van der Waals surface area contributed by atoms with Crippen molar-refractivity contribution >= 4 is 46.4 Å². The largest absolute Gasteiger partial charge is 0.325 e. The van der Waals surface area contributed by atoms with Crippen molar-refractivity contribution in [2.24, 2.45) is 0 Å². The summed E-state index contributed by atoms with van der Waals surface area (Å²) < 4.78 is 26.9. The quantitative estimate of drug-likeness (QED) is 0.812. The van der Waals surface area contributed by atoms with Crippen LogP contribution in [0.2, 0.25) is 10.0 Å². The minimum Gasteiger partial charge on any atom is -0.325 e. The van der Waals surface area contributed by atoms with Crippen LogP contribution in [-0.4, -0.2) is 18.4 Å². The summed E-state index contributed by atoms with van der Waals surface area (Å²) in [6, 6.07) is 7.47. The van der Waals surface area contributed by atoms with E-state index in [0.717, 1.165) is 17.0 Å². The number of nitrogens with zero attached hydrogens (tertiary/aromatic N) is 1. The highest BCUT2D eigenvalue weighted by atomic mass is 35.5. The molecule has 2 aromatic rings. The SMILES string of the molecule is CC(=O)N(CCC(=O)Nc1ccc(Cl)cc1Cl)c1ccc(F)cc1F. The Bertz CT molecular complexity index is 815. The van der Waals surface area contributed by atoms with Gasteiger partial charge in [-0.2, -0.15) is 0 Å². The van der Waals surface area contributed by atoms with Crippen molar-refractivity contribution in [3.05, 3.63) is 58.1 Å². The third-order valence-corrected chi connectivity index (χ3v) is 3.90. The predicted octanol–water partition coefficient (Wildman–Crippen LogP) is 4.65. The molecule has 0 heterocycles. The Kier molecular flexibility index (Phi) is 6.33. The Labute approximate surface area is 153 Å². The molecule has 0 aliphatic rings. The van der Waals surface area contributed by atoms with Crippen LogP contribution in [0.5, 0.6) is 0 Å². The Morgan fingerprint density at radius 1 is 1.12 bits per heavy atom. The van der Waals surface area contributed by atoms with Crippen LogP contribution < -0.4 is 10.2 Å². The number of hydrogen-bond donors (Lipinski definition) is 1. The molecule has 0 saturated heterocycles. The van der Waals surface area contributed by atoms with E-state index in [-0.39, 0.29) is 23.7 Å². The van der Waals surface area contributed by atoms with Crippen LogP contribution in [-0.2, 0) is 9.59 Å². The van der Waals surface area contributed by atoms with Gasteiger partial charge in [0.15, 0.2) is 0 Å². The molecule has 0 fully saturated rings. The lowest BCUT2D eigenvalue weighted by Gasteiger charge is -2.21. The molecule has 132 valence electrons. The standard InChI is InChI=1S/C17H14Cl2F2N2O2/c1-10(24)23(16-5-3-12(20)9-14(16)21)7-6-17(25)22-15-4-2-11(18)8-13(15)19/h2-5,8-9H,6-7H2,1H3,(H,22,25). The summed E-state index contributed by atoms with van der Waals surface area (Å²) in [6.45, 7) is 1.16. The van der Waals surface area contributed by atoms with Crippen molar-refractivity contribution < 1.29 is 18.4 Å². The van der Waals surface area contributed by atoms with Gasteiger partial charge in [-0.3, -0.25) is 9.59 Å². The van der Waals surface area contributed by atoms with Gasteiger partial charge in [0, 0.05) is 31.0 Å². The second kappa shape index (κ2) is 8.27. The normalized spacial score (nSPS) is 10.4. The van der Waals surface area contributed by atoms with Gasteiger partial charge in [0.05, 0.1) is 16.4 Å². The highest BCUT2D eigenvalue weighted by molar-refractivity contribution is 6.36. The van der Waals surface area contributed by atoms with E-state index in [1.165, 1.54) is 13.0 Å². The Morgan fingerprint density at radius 3 is 2.44 bits per heavy atom. The molecule has 2 aromatic carbocycles. The van der Waals surface area contributed by atoms with Crippen molar-refractivity contribution in [3.8, 4) is 0 Å². The van der Waals surface area contributed by atoms with Crippen molar-refractivity contribution in [1.29, 1.82) is 0 Å². The first kappa shape index (κ1) is 19.1. The molecule has 4 nitrogen and oxygen atoms in total. The van der Waals surface area contributed by atoms with Crippen LogP contribution in [0.1, 0.15) is 13.3 Å². The Balaban J connectivity index is 2.05. The molecule has 0 saturated carbocycles. The van der Waals surface area contributed by atoms with Crippen LogP contribution >= 0.6 is 23.2 Å². The second-order valence-electron chi connectivity index (χ2n) is 5.19. The summed E-state index contributed by atoms with van der Waals surface area (Å²) in [5.74, 6) is -2.52. The summed E-state index contributed by atoms with van der Waals surface area (Å²) in [4.78, 5) is 24.9. The molecule has 1 N–H and O–H groups in total. The fourth-order valence-corrected chi connectivity index (χ4v) is 2.62. The third kappa shape index (κ3) is 5.14. The molecule has 0 atom stereocenters. The van der Waals surface area contributed by atoms with E-state index in [0.29, 0.717) is 16.8 Å². The van der Waals surface area contributed by atoms with Crippen LogP contribution in [0.3, 0.4) is 0 Å². The van der Waals surface area contributed by atoms with Crippen molar-refractivity contribution in [3.63, 3.8) is 0 Å². The zero-order valence-electron chi connectivity index (χ0n) is 13.2. The molecule has 25 heavy (non-hydrogen) atoms. The summed E-state index contributed by atoms with van der Waals surface area (Å²) in [6.07, 6.45) is -0.102. The Morgan fingerprint density at radius 2 is 1.84 bits per heavy atom. The second-order valence-corrected chi connectivity index (χ2v) is 6.03. The number of carbonyl (C=O) groups is 2. The van der Waals surface area contributed by atoms with Crippen molar-refractivity contribution in [2.75, 3.05) is 16.8 Å². The van der Waals surface area contributed by atoms with Gasteiger partial charge in [0.25, 0.3) is 0 Å². The van der Waals surface area contributed by atoms with Gasteiger partial charge >= 0.3 is 0 Å². The molecule has 0 bridgehead atoms. The average Bonchev–Trinajstić information content (AvgIpc) is 2.52. The van der Waals surface area contributed by atoms with E-state index in [4.69, 9.17) is 23.2 Å². The van der Waals surface area contributed by atoms with E-state index in [9.17, 15) is 18.4 Å². The first-order valence-electron chi connectivity index (χ1n) is 7.26. The highest BCUT2D eigenvalue weighted by Gasteiger charge is 2.18. The maximum Gasteiger partial charge on any atom is 0.226 e. The predicted molar refractivity (Wildman–Crippen MR) is 94.1 cm³/mol. The average molecular weight is 387 g/mol. The number of rotatable bonds is 5. The zero-order valence-corrected chi connectivity index (χ0v) is 14.7. The molecule has 2 amide bonds. The number of carbonyl (C=O) groups excluding carboxylic acids is 2. The first-order chi connectivity index (χ1) is 11.8. The first-order valence-corrected chi connectivity index (χ1v) is 8.01. The maximum atomic E-state index is 13.9. The minimum absolute atomic E-state index is 0.0745. The van der Waals surface area contributed by atoms with Gasteiger partial charge in [-0.25, -0.2) is 8.78 Å². The van der Waals surface area contributed by atoms with Crippen LogP contribution in [0, 0.1) is 11.6 Å². The van der Waals surface area contributed by atoms with E-state index < -0.39 is 23.4 Å². The smallest absolute Gasteiger partial charge is 0.226 e. The third-order valence-electron chi connectivity index (χ3n) is 3.35. The molecule has 0 radical (unpaired) electrons. The van der Waals surface area contributed by atoms with E-state index in [2.05, 4.69) is 5.32 Å². The van der Waals surface area contributed by atoms with Crippen LogP contribution in [0.25, 0.3) is 0 Å². The lowest BCUT2D eigenvalue weighted by Crippen LogP contribution is -2.32. The summed E-state index contributed by atoms with van der Waals surface area (Å²) in [5, 5.41) is 3.29. The van der Waals surface area contributed by atoms with E-state index >= 15 is 0 Å². The van der Waals surface area contributed by atoms with Gasteiger partial charge in [0.1, 0.15) is 11.6 Å².